The second kappa shape index (κ2) is 5.55. The molecule has 0 aromatic rings. The number of nitrogens with one attached hydrogen (secondary N) is 1. The molecule has 0 spiro atoms. The molecule has 0 aliphatic rings. The molecule has 100 valence electrons. The number of carbonyl (C=O) groups excluding carboxylic acids is 2. The van der Waals surface area contributed by atoms with E-state index < -0.39 is 33.8 Å². The van der Waals surface area contributed by atoms with Gasteiger partial charge in [-0.3, -0.25) is 14.9 Å². The number of halogens is 8. The zero-order valence-corrected chi connectivity index (χ0v) is 10.7. The van der Waals surface area contributed by atoms with Crippen molar-refractivity contribution < 1.29 is 35.9 Å². The molecule has 0 bridgehead atoms. The largest absolute Gasteiger partial charge is 0.410 e. The highest BCUT2D eigenvalue weighted by molar-refractivity contribution is 9.10. The Morgan fingerprint density at radius 3 is 1.24 bits per heavy atom. The van der Waals surface area contributed by atoms with Crippen molar-refractivity contribution in [1.29, 1.82) is 0 Å². The van der Waals surface area contributed by atoms with E-state index in [1.807, 2.05) is 31.9 Å². The maximum Gasteiger partial charge on any atom is 0.410 e. The molecule has 0 aliphatic carbocycles. The van der Waals surface area contributed by atoms with Crippen LogP contribution in [-0.4, -0.2) is 33.8 Å². The Balaban J connectivity index is 4.57. The summed E-state index contributed by atoms with van der Waals surface area (Å²) in [4.78, 5) is 16.0. The third kappa shape index (κ3) is 5.23. The van der Waals surface area contributed by atoms with Crippen molar-refractivity contribution in [2.24, 2.45) is 0 Å². The quantitative estimate of drug-likeness (QED) is 0.577. The molecule has 0 fully saturated rings. The van der Waals surface area contributed by atoms with Crippen LogP contribution in [-0.2, 0) is 9.59 Å². The molecule has 17 heavy (non-hydrogen) atoms. The average Bonchev–Trinajstić information content (AvgIpc) is 2.12. The molecule has 0 aliphatic heterocycles. The molecule has 2 unspecified atom stereocenters. The van der Waals surface area contributed by atoms with Crippen LogP contribution in [0.4, 0.5) is 26.3 Å². The molecule has 1 N–H and O–H groups in total. The molecule has 0 saturated carbocycles. The number of rotatable bonds is 2. The minimum Gasteiger partial charge on any atom is -0.294 e. The summed E-state index contributed by atoms with van der Waals surface area (Å²) in [5.41, 5.74) is 0. The third-order valence-corrected chi connectivity index (χ3v) is 3.15. The average molecular weight is 395 g/mol. The Morgan fingerprint density at radius 2 is 1.06 bits per heavy atom. The van der Waals surface area contributed by atoms with E-state index in [0.717, 1.165) is 5.32 Å². The minimum absolute atomic E-state index is 0.981. The van der Waals surface area contributed by atoms with E-state index in [4.69, 9.17) is 0 Å². The maximum atomic E-state index is 11.9. The van der Waals surface area contributed by atoms with Gasteiger partial charge in [0.25, 0.3) is 0 Å². The van der Waals surface area contributed by atoms with Crippen molar-refractivity contribution in [3.05, 3.63) is 0 Å². The van der Waals surface area contributed by atoms with Gasteiger partial charge in [-0.25, -0.2) is 0 Å². The van der Waals surface area contributed by atoms with Gasteiger partial charge in [-0.2, -0.15) is 26.3 Å². The first-order valence-corrected chi connectivity index (χ1v) is 5.46. The number of alkyl halides is 8. The Bertz CT molecular complexity index is 285. The van der Waals surface area contributed by atoms with Crippen LogP contribution in [0.1, 0.15) is 0 Å². The molecule has 0 aromatic carbocycles. The van der Waals surface area contributed by atoms with E-state index in [9.17, 15) is 35.9 Å². The van der Waals surface area contributed by atoms with Gasteiger partial charge < -0.3 is 0 Å². The summed E-state index contributed by atoms with van der Waals surface area (Å²) in [7, 11) is 0. The van der Waals surface area contributed by atoms with Gasteiger partial charge in [0.2, 0.25) is 11.8 Å². The van der Waals surface area contributed by atoms with E-state index in [1.54, 1.807) is 0 Å². The summed E-state index contributed by atoms with van der Waals surface area (Å²) in [6, 6.07) is 0. The van der Waals surface area contributed by atoms with Crippen molar-refractivity contribution in [3.63, 3.8) is 0 Å². The lowest BCUT2D eigenvalue weighted by Crippen LogP contribution is -2.48. The fourth-order valence-corrected chi connectivity index (χ4v) is 0.774. The normalized spacial score (nSPS) is 16.2. The van der Waals surface area contributed by atoms with Crippen molar-refractivity contribution in [2.75, 3.05) is 0 Å². The third-order valence-electron chi connectivity index (χ3n) is 1.28. The highest BCUT2D eigenvalue weighted by atomic mass is 79.9. The highest BCUT2D eigenvalue weighted by Gasteiger charge is 2.47. The number of hydrogen-bond donors (Lipinski definition) is 1. The zero-order valence-electron chi connectivity index (χ0n) is 7.49. The van der Waals surface area contributed by atoms with Crippen molar-refractivity contribution >= 4 is 43.7 Å². The van der Waals surface area contributed by atoms with Gasteiger partial charge in [0.1, 0.15) is 0 Å². The van der Waals surface area contributed by atoms with Gasteiger partial charge in [-0.05, 0) is 0 Å². The molecule has 3 nitrogen and oxygen atoms in total. The molecule has 11 heteroatoms. The lowest BCUT2D eigenvalue weighted by Gasteiger charge is -2.16. The molecule has 0 radical (unpaired) electrons. The summed E-state index contributed by atoms with van der Waals surface area (Å²) >= 11 is 3.81. The molecule has 2 atom stereocenters. The molecule has 2 amide bonds. The van der Waals surface area contributed by atoms with Crippen LogP contribution in [0.5, 0.6) is 0 Å². The fraction of sp³-hybridized carbons (Fsp3) is 0.667. The Hall–Kier alpha value is -0.320. The fourth-order valence-electron chi connectivity index (χ4n) is 0.545. The smallest absolute Gasteiger partial charge is 0.294 e. The number of amides is 2. The monoisotopic (exact) mass is 393 g/mol. The summed E-state index contributed by atoms with van der Waals surface area (Å²) in [5, 5.41) is 0.981. The topological polar surface area (TPSA) is 46.2 Å². The van der Waals surface area contributed by atoms with Crippen LogP contribution in [0, 0.1) is 0 Å². The molecular formula is C6H3Br2F6NO2. The van der Waals surface area contributed by atoms with Gasteiger partial charge >= 0.3 is 12.4 Å². The lowest BCUT2D eigenvalue weighted by atomic mass is 10.3. The lowest BCUT2D eigenvalue weighted by molar-refractivity contribution is -0.155. The van der Waals surface area contributed by atoms with E-state index in [-0.39, 0.29) is 0 Å². The van der Waals surface area contributed by atoms with Gasteiger partial charge in [-0.1, -0.05) is 31.9 Å². The Labute approximate surface area is 107 Å². The minimum atomic E-state index is -5.01. The second-order valence-corrected chi connectivity index (χ2v) is 4.49. The van der Waals surface area contributed by atoms with E-state index in [0.29, 0.717) is 0 Å². The number of carbonyl (C=O) groups is 2. The highest BCUT2D eigenvalue weighted by Crippen LogP contribution is 2.28. The first-order chi connectivity index (χ1) is 7.37. The van der Waals surface area contributed by atoms with Gasteiger partial charge in [-0.15, -0.1) is 0 Å². The summed E-state index contributed by atoms with van der Waals surface area (Å²) in [5.74, 6) is -3.84. The van der Waals surface area contributed by atoms with Crippen LogP contribution >= 0.6 is 31.9 Å². The molecular weight excluding hydrogens is 392 g/mol. The molecule has 0 heterocycles. The Kier molecular flexibility index (Phi) is 5.44. The Morgan fingerprint density at radius 1 is 0.824 bits per heavy atom. The first-order valence-electron chi connectivity index (χ1n) is 3.63. The van der Waals surface area contributed by atoms with Crippen LogP contribution in [0.2, 0.25) is 0 Å². The summed E-state index contributed by atoms with van der Waals surface area (Å²) in [6.45, 7) is 0. The first kappa shape index (κ1) is 16.7. The molecule has 0 aromatic heterocycles. The second-order valence-electron chi connectivity index (χ2n) is 2.66. The van der Waals surface area contributed by atoms with Crippen LogP contribution < -0.4 is 5.32 Å². The van der Waals surface area contributed by atoms with Gasteiger partial charge in [0, 0.05) is 0 Å². The van der Waals surface area contributed by atoms with Crippen molar-refractivity contribution in [1.82, 2.24) is 5.32 Å². The van der Waals surface area contributed by atoms with Crippen LogP contribution in [0.3, 0.4) is 0 Å². The maximum absolute atomic E-state index is 11.9. The summed E-state index contributed by atoms with van der Waals surface area (Å²) < 4.78 is 71.6. The SMILES string of the molecule is O=C(NC(=O)C(Br)C(F)(F)F)C(Br)C(F)(F)F. The van der Waals surface area contributed by atoms with Crippen LogP contribution in [0.15, 0.2) is 0 Å². The van der Waals surface area contributed by atoms with Crippen molar-refractivity contribution in [3.8, 4) is 0 Å². The van der Waals surface area contributed by atoms with Crippen LogP contribution in [0.25, 0.3) is 0 Å². The predicted molar refractivity (Wildman–Crippen MR) is 50.7 cm³/mol. The summed E-state index contributed by atoms with van der Waals surface area (Å²) in [6.07, 6.45) is -10.0. The zero-order chi connectivity index (χ0) is 14.0. The van der Waals surface area contributed by atoms with Gasteiger partial charge in [0.15, 0.2) is 9.65 Å². The predicted octanol–water partition coefficient (Wildman–Crippen LogP) is 2.28. The molecule has 0 saturated heterocycles. The van der Waals surface area contributed by atoms with E-state index in [2.05, 4.69) is 0 Å². The number of hydrogen-bond acceptors (Lipinski definition) is 2. The van der Waals surface area contributed by atoms with E-state index in [1.165, 1.54) is 0 Å². The molecule has 0 rings (SSSR count). The van der Waals surface area contributed by atoms with Gasteiger partial charge in [0.05, 0.1) is 0 Å². The van der Waals surface area contributed by atoms with E-state index >= 15 is 0 Å². The standard InChI is InChI=1S/C6H3Br2F6NO2/c7-1(5(9,10)11)3(16)15-4(17)2(8)6(12,13)14/h1-2H,(H,15,16,17). The van der Waals surface area contributed by atoms with Crippen molar-refractivity contribution in [2.45, 2.75) is 22.0 Å². The number of imide groups is 1.